The fourth-order valence-corrected chi connectivity index (χ4v) is 4.22. The van der Waals surface area contributed by atoms with Crippen LogP contribution in [0.3, 0.4) is 0 Å². The Labute approximate surface area is 154 Å². The highest BCUT2D eigenvalue weighted by atomic mass is 32.2. The molecule has 1 amide bonds. The highest BCUT2D eigenvalue weighted by Gasteiger charge is 2.26. The van der Waals surface area contributed by atoms with Gasteiger partial charge in [0.2, 0.25) is 10.0 Å². The molecule has 140 valence electrons. The highest BCUT2D eigenvalue weighted by molar-refractivity contribution is 7.89. The molecule has 0 saturated carbocycles. The van der Waals surface area contributed by atoms with Crippen LogP contribution in [0.2, 0.25) is 0 Å². The van der Waals surface area contributed by atoms with Crippen LogP contribution < -0.4 is 4.90 Å². The van der Waals surface area contributed by atoms with Crippen LogP contribution in [0.25, 0.3) is 0 Å². The Morgan fingerprint density at radius 2 is 1.58 bits per heavy atom. The summed E-state index contributed by atoms with van der Waals surface area (Å²) in [6.45, 7) is 6.15. The van der Waals surface area contributed by atoms with Crippen LogP contribution in [0, 0.1) is 5.82 Å². The molecule has 2 aromatic carbocycles. The van der Waals surface area contributed by atoms with Crippen LogP contribution in [-0.2, 0) is 10.0 Å². The van der Waals surface area contributed by atoms with Crippen molar-refractivity contribution >= 4 is 21.6 Å². The van der Waals surface area contributed by atoms with Gasteiger partial charge in [-0.05, 0) is 37.3 Å². The van der Waals surface area contributed by atoms with E-state index in [4.69, 9.17) is 0 Å². The number of hydrogen-bond acceptors (Lipinski definition) is 3. The molecular weight excluding hydrogens is 355 g/mol. The molecule has 0 aliphatic heterocycles. The van der Waals surface area contributed by atoms with Gasteiger partial charge >= 0.3 is 0 Å². The number of halogens is 1. The maximum absolute atomic E-state index is 14.3. The summed E-state index contributed by atoms with van der Waals surface area (Å²) in [6, 6.07) is 12.2. The predicted molar refractivity (Wildman–Crippen MR) is 100 cm³/mol. The summed E-state index contributed by atoms with van der Waals surface area (Å²) in [6.07, 6.45) is 0. The van der Waals surface area contributed by atoms with Gasteiger partial charge in [-0.15, -0.1) is 0 Å². The van der Waals surface area contributed by atoms with E-state index < -0.39 is 21.7 Å². The lowest BCUT2D eigenvalue weighted by molar-refractivity contribution is 0.0984. The van der Waals surface area contributed by atoms with Crippen molar-refractivity contribution in [2.45, 2.75) is 25.7 Å². The number of benzene rings is 2. The summed E-state index contributed by atoms with van der Waals surface area (Å²) in [5.41, 5.74) is 0.361. The number of anilines is 1. The third-order valence-corrected chi connectivity index (χ3v) is 6.19. The van der Waals surface area contributed by atoms with Gasteiger partial charge in [-0.25, -0.2) is 12.8 Å². The molecule has 0 fully saturated rings. The number of rotatable bonds is 7. The maximum atomic E-state index is 14.3. The van der Waals surface area contributed by atoms with E-state index in [1.165, 1.54) is 15.3 Å². The molecule has 0 saturated heterocycles. The van der Waals surface area contributed by atoms with Crippen molar-refractivity contribution < 1.29 is 17.6 Å². The second-order valence-corrected chi connectivity index (χ2v) is 7.55. The van der Waals surface area contributed by atoms with E-state index >= 15 is 0 Å². The lowest BCUT2D eigenvalue weighted by Crippen LogP contribution is -2.33. The van der Waals surface area contributed by atoms with Crippen LogP contribution in [0.4, 0.5) is 10.1 Å². The van der Waals surface area contributed by atoms with Crippen molar-refractivity contribution in [2.24, 2.45) is 0 Å². The van der Waals surface area contributed by atoms with Crippen LogP contribution in [0.15, 0.2) is 53.4 Å². The van der Waals surface area contributed by atoms with Gasteiger partial charge in [0.1, 0.15) is 5.82 Å². The van der Waals surface area contributed by atoms with Crippen LogP contribution in [-0.4, -0.2) is 38.3 Å². The number of carbonyl (C=O) groups excluding carboxylic acids is 1. The van der Waals surface area contributed by atoms with Gasteiger partial charge in [0, 0.05) is 25.3 Å². The largest absolute Gasteiger partial charge is 0.309 e. The standard InChI is InChI=1S/C19H23FN2O3S/c1-4-21(5-2)26(24,25)16-12-13-18(20)17(14-16)19(23)22(6-3)15-10-8-7-9-11-15/h7-14H,4-6H2,1-3H3. The molecule has 0 aromatic heterocycles. The van der Waals surface area contributed by atoms with Crippen molar-refractivity contribution in [3.05, 3.63) is 59.9 Å². The minimum Gasteiger partial charge on any atom is -0.309 e. The van der Waals surface area contributed by atoms with Gasteiger partial charge in [-0.2, -0.15) is 4.31 Å². The summed E-state index contributed by atoms with van der Waals surface area (Å²) in [7, 11) is -3.78. The molecule has 0 bridgehead atoms. The van der Waals surface area contributed by atoms with Gasteiger partial charge < -0.3 is 4.90 Å². The third-order valence-electron chi connectivity index (χ3n) is 4.14. The average molecular weight is 378 g/mol. The zero-order chi connectivity index (χ0) is 19.3. The summed E-state index contributed by atoms with van der Waals surface area (Å²) < 4.78 is 40.9. The normalized spacial score (nSPS) is 11.6. The van der Waals surface area contributed by atoms with E-state index in [2.05, 4.69) is 0 Å². The Morgan fingerprint density at radius 3 is 2.12 bits per heavy atom. The molecule has 0 aliphatic carbocycles. The monoisotopic (exact) mass is 378 g/mol. The maximum Gasteiger partial charge on any atom is 0.261 e. The number of carbonyl (C=O) groups is 1. The first-order valence-corrected chi connectivity index (χ1v) is 9.97. The van der Waals surface area contributed by atoms with E-state index in [0.29, 0.717) is 25.3 Å². The molecule has 0 N–H and O–H groups in total. The number of amides is 1. The smallest absolute Gasteiger partial charge is 0.261 e. The predicted octanol–water partition coefficient (Wildman–Crippen LogP) is 3.52. The Kier molecular flexibility index (Phi) is 6.50. The molecule has 5 nitrogen and oxygen atoms in total. The van der Waals surface area contributed by atoms with Crippen LogP contribution >= 0.6 is 0 Å². The summed E-state index contributed by atoms with van der Waals surface area (Å²) >= 11 is 0. The van der Waals surface area contributed by atoms with Crippen molar-refractivity contribution in [2.75, 3.05) is 24.5 Å². The molecule has 2 aromatic rings. The topological polar surface area (TPSA) is 57.7 Å². The SMILES string of the molecule is CCN(C(=O)c1cc(S(=O)(=O)N(CC)CC)ccc1F)c1ccccc1. The lowest BCUT2D eigenvalue weighted by atomic mass is 10.1. The van der Waals surface area contributed by atoms with Gasteiger partial charge in [0.15, 0.2) is 0 Å². The quantitative estimate of drug-likeness (QED) is 0.741. The van der Waals surface area contributed by atoms with Gasteiger partial charge in [-0.3, -0.25) is 4.79 Å². The molecule has 0 aliphatic rings. The van der Waals surface area contributed by atoms with Crippen LogP contribution in [0.5, 0.6) is 0 Å². The Hall–Kier alpha value is -2.25. The zero-order valence-electron chi connectivity index (χ0n) is 15.1. The number of nitrogens with zero attached hydrogens (tertiary/aromatic N) is 2. The summed E-state index contributed by atoms with van der Waals surface area (Å²) in [4.78, 5) is 14.2. The number of hydrogen-bond donors (Lipinski definition) is 0. The fraction of sp³-hybridized carbons (Fsp3) is 0.316. The van der Waals surface area contributed by atoms with E-state index in [1.807, 2.05) is 6.07 Å². The van der Waals surface area contributed by atoms with Gasteiger partial charge in [-0.1, -0.05) is 32.0 Å². The minimum atomic E-state index is -3.78. The molecule has 26 heavy (non-hydrogen) atoms. The highest BCUT2D eigenvalue weighted by Crippen LogP contribution is 2.23. The van der Waals surface area contributed by atoms with Gasteiger partial charge in [0.25, 0.3) is 5.91 Å². The van der Waals surface area contributed by atoms with E-state index in [9.17, 15) is 17.6 Å². The molecule has 2 rings (SSSR count). The first-order chi connectivity index (χ1) is 12.4. The van der Waals surface area contributed by atoms with Crippen LogP contribution in [0.1, 0.15) is 31.1 Å². The van der Waals surface area contributed by atoms with E-state index in [1.54, 1.807) is 45.0 Å². The van der Waals surface area contributed by atoms with Crippen molar-refractivity contribution in [3.8, 4) is 0 Å². The molecule has 0 radical (unpaired) electrons. The zero-order valence-corrected chi connectivity index (χ0v) is 16.0. The van der Waals surface area contributed by atoms with Crippen molar-refractivity contribution in [3.63, 3.8) is 0 Å². The van der Waals surface area contributed by atoms with E-state index in [0.717, 1.165) is 12.1 Å². The second kappa shape index (κ2) is 8.42. The van der Waals surface area contributed by atoms with Crippen molar-refractivity contribution in [1.82, 2.24) is 4.31 Å². The second-order valence-electron chi connectivity index (χ2n) is 5.62. The Bertz CT molecular complexity index is 866. The molecular formula is C19H23FN2O3S. The molecule has 0 heterocycles. The third kappa shape index (κ3) is 3.94. The Balaban J connectivity index is 2.48. The fourth-order valence-electron chi connectivity index (χ4n) is 2.74. The summed E-state index contributed by atoms with van der Waals surface area (Å²) in [5.74, 6) is -1.32. The van der Waals surface area contributed by atoms with E-state index in [-0.39, 0.29) is 10.5 Å². The molecule has 7 heteroatoms. The lowest BCUT2D eigenvalue weighted by Gasteiger charge is -2.22. The molecule has 0 unspecified atom stereocenters. The number of sulfonamides is 1. The average Bonchev–Trinajstić information content (AvgIpc) is 2.64. The first-order valence-electron chi connectivity index (χ1n) is 8.53. The molecule has 0 spiro atoms. The summed E-state index contributed by atoms with van der Waals surface area (Å²) in [5, 5.41) is 0. The first kappa shape index (κ1) is 20.1. The molecule has 0 atom stereocenters. The number of para-hydroxylation sites is 1. The van der Waals surface area contributed by atoms with Crippen molar-refractivity contribution in [1.29, 1.82) is 0 Å². The Morgan fingerprint density at radius 1 is 0.962 bits per heavy atom. The van der Waals surface area contributed by atoms with Gasteiger partial charge in [0.05, 0.1) is 10.5 Å². The minimum absolute atomic E-state index is 0.0879.